The monoisotopic (exact) mass is 473 g/mol. The molecular formula is C25H23N5O3S. The van der Waals surface area contributed by atoms with E-state index in [1.54, 1.807) is 55.8 Å². The summed E-state index contributed by atoms with van der Waals surface area (Å²) in [5, 5.41) is 11.2. The molecule has 0 bridgehead atoms. The zero-order valence-electron chi connectivity index (χ0n) is 18.5. The Morgan fingerprint density at radius 3 is 2.56 bits per heavy atom. The van der Waals surface area contributed by atoms with Crippen molar-refractivity contribution < 1.29 is 13.2 Å². The smallest absolute Gasteiger partial charge is 0.274 e. The summed E-state index contributed by atoms with van der Waals surface area (Å²) in [5.41, 5.74) is 3.34. The van der Waals surface area contributed by atoms with Crippen LogP contribution in [0.1, 0.15) is 36.3 Å². The number of rotatable bonds is 7. The van der Waals surface area contributed by atoms with E-state index in [1.165, 1.54) is 0 Å². The Labute approximate surface area is 197 Å². The van der Waals surface area contributed by atoms with Gasteiger partial charge in [0.1, 0.15) is 12.0 Å². The van der Waals surface area contributed by atoms with Gasteiger partial charge in [0.2, 0.25) is 0 Å². The lowest BCUT2D eigenvalue weighted by molar-refractivity contribution is 0.102. The fourth-order valence-corrected chi connectivity index (χ4v) is 4.64. The summed E-state index contributed by atoms with van der Waals surface area (Å²) in [6, 6.07) is 18.1. The first-order valence-corrected chi connectivity index (χ1v) is 12.7. The molecule has 1 N–H and O–H groups in total. The van der Waals surface area contributed by atoms with E-state index < -0.39 is 9.84 Å². The minimum absolute atomic E-state index is 0.0477. The van der Waals surface area contributed by atoms with Crippen molar-refractivity contribution in [3.8, 4) is 22.5 Å². The summed E-state index contributed by atoms with van der Waals surface area (Å²) in [7, 11) is -3.26. The molecule has 34 heavy (non-hydrogen) atoms. The Morgan fingerprint density at radius 1 is 1.03 bits per heavy atom. The summed E-state index contributed by atoms with van der Waals surface area (Å²) in [6.07, 6.45) is 5.56. The van der Waals surface area contributed by atoms with E-state index in [-0.39, 0.29) is 22.2 Å². The van der Waals surface area contributed by atoms with Crippen LogP contribution in [0.15, 0.2) is 78.1 Å². The molecule has 1 amide bonds. The van der Waals surface area contributed by atoms with E-state index in [4.69, 9.17) is 0 Å². The highest BCUT2D eigenvalue weighted by atomic mass is 32.2. The summed E-state index contributed by atoms with van der Waals surface area (Å²) in [4.78, 5) is 17.4. The fraction of sp³-hybridized carbons (Fsp3) is 0.200. The summed E-state index contributed by atoms with van der Waals surface area (Å²) < 4.78 is 26.2. The van der Waals surface area contributed by atoms with Gasteiger partial charge >= 0.3 is 0 Å². The van der Waals surface area contributed by atoms with Crippen LogP contribution in [0.2, 0.25) is 0 Å². The zero-order chi connectivity index (χ0) is 23.7. The maximum Gasteiger partial charge on any atom is 0.274 e. The van der Waals surface area contributed by atoms with E-state index in [0.29, 0.717) is 11.7 Å². The van der Waals surface area contributed by atoms with E-state index in [2.05, 4.69) is 25.1 Å². The lowest BCUT2D eigenvalue weighted by Gasteiger charge is -2.09. The average Bonchev–Trinajstić information content (AvgIpc) is 3.60. The van der Waals surface area contributed by atoms with Crippen molar-refractivity contribution in [3.05, 3.63) is 78.9 Å². The lowest BCUT2D eigenvalue weighted by atomic mass is 10.1. The number of carbonyl (C=O) groups is 1. The molecule has 2 aromatic carbocycles. The molecule has 172 valence electrons. The Kier molecular flexibility index (Phi) is 5.70. The molecule has 2 aromatic heterocycles. The average molecular weight is 474 g/mol. The van der Waals surface area contributed by atoms with Crippen molar-refractivity contribution in [2.24, 2.45) is 0 Å². The van der Waals surface area contributed by atoms with Crippen molar-refractivity contribution in [2.75, 3.05) is 11.1 Å². The third kappa shape index (κ3) is 4.47. The first-order valence-electron chi connectivity index (χ1n) is 11.0. The number of amides is 1. The second-order valence-electron chi connectivity index (χ2n) is 8.19. The van der Waals surface area contributed by atoms with Gasteiger partial charge in [-0.2, -0.15) is 0 Å². The van der Waals surface area contributed by atoms with Gasteiger partial charge in [-0.1, -0.05) is 31.2 Å². The molecule has 2 heterocycles. The molecule has 8 nitrogen and oxygen atoms in total. The Morgan fingerprint density at radius 2 is 1.82 bits per heavy atom. The normalized spacial score (nSPS) is 13.6. The van der Waals surface area contributed by atoms with Crippen LogP contribution >= 0.6 is 0 Å². The predicted molar refractivity (Wildman–Crippen MR) is 129 cm³/mol. The number of sulfone groups is 1. The number of benzene rings is 2. The van der Waals surface area contributed by atoms with Gasteiger partial charge in [-0.05, 0) is 60.4 Å². The molecule has 1 fully saturated rings. The largest absolute Gasteiger partial charge is 0.321 e. The SMILES string of the molecule is CCS(=O)(=O)c1ccc(-c2ccnc(C(=O)Nc3cccc(-c4nncn4C4CC4)c3)c2)cc1. The van der Waals surface area contributed by atoms with Crippen LogP contribution in [0.5, 0.6) is 0 Å². The summed E-state index contributed by atoms with van der Waals surface area (Å²) in [6.45, 7) is 1.62. The standard InChI is InChI=1S/C25H23N5O3S/c1-2-34(32,33)22-10-6-17(7-11-22)18-12-13-26-23(15-18)25(31)28-20-5-3-4-19(14-20)24-29-27-16-30(24)21-8-9-21/h3-7,10-16,21H,2,8-9H2,1H3,(H,28,31). The molecule has 0 aliphatic heterocycles. The third-order valence-electron chi connectivity index (χ3n) is 5.81. The van der Waals surface area contributed by atoms with Crippen molar-refractivity contribution in [1.29, 1.82) is 0 Å². The van der Waals surface area contributed by atoms with Crippen LogP contribution in [-0.2, 0) is 9.84 Å². The Bertz CT molecular complexity index is 1460. The van der Waals surface area contributed by atoms with E-state index >= 15 is 0 Å². The quantitative estimate of drug-likeness (QED) is 0.427. The highest BCUT2D eigenvalue weighted by Gasteiger charge is 2.26. The highest BCUT2D eigenvalue weighted by molar-refractivity contribution is 7.91. The van der Waals surface area contributed by atoms with Gasteiger partial charge < -0.3 is 9.88 Å². The Balaban J connectivity index is 1.35. The van der Waals surface area contributed by atoms with Crippen LogP contribution in [0.3, 0.4) is 0 Å². The minimum Gasteiger partial charge on any atom is -0.321 e. The van der Waals surface area contributed by atoms with E-state index in [9.17, 15) is 13.2 Å². The predicted octanol–water partition coefficient (Wildman–Crippen LogP) is 4.39. The van der Waals surface area contributed by atoms with Gasteiger partial charge in [0.25, 0.3) is 5.91 Å². The molecule has 1 saturated carbocycles. The molecule has 0 atom stereocenters. The molecule has 0 spiro atoms. The maximum atomic E-state index is 12.9. The van der Waals surface area contributed by atoms with Crippen LogP contribution in [0, 0.1) is 0 Å². The second-order valence-corrected chi connectivity index (χ2v) is 10.5. The van der Waals surface area contributed by atoms with Crippen molar-refractivity contribution in [2.45, 2.75) is 30.7 Å². The van der Waals surface area contributed by atoms with Gasteiger partial charge in [-0.3, -0.25) is 9.78 Å². The first kappa shape index (κ1) is 22.0. The number of nitrogens with one attached hydrogen (secondary N) is 1. The number of pyridine rings is 1. The maximum absolute atomic E-state index is 12.9. The second kappa shape index (κ2) is 8.83. The van der Waals surface area contributed by atoms with Crippen LogP contribution in [0.4, 0.5) is 5.69 Å². The minimum atomic E-state index is -3.26. The lowest BCUT2D eigenvalue weighted by Crippen LogP contribution is -2.13. The molecule has 4 aromatic rings. The van der Waals surface area contributed by atoms with Crippen LogP contribution in [-0.4, -0.2) is 39.8 Å². The van der Waals surface area contributed by atoms with Crippen molar-refractivity contribution >= 4 is 21.4 Å². The van der Waals surface area contributed by atoms with Crippen LogP contribution in [0.25, 0.3) is 22.5 Å². The first-order chi connectivity index (χ1) is 16.4. The number of hydrogen-bond acceptors (Lipinski definition) is 6. The number of anilines is 1. The molecular weight excluding hydrogens is 450 g/mol. The van der Waals surface area contributed by atoms with Gasteiger partial charge in [0.15, 0.2) is 15.7 Å². The van der Waals surface area contributed by atoms with Crippen molar-refractivity contribution in [3.63, 3.8) is 0 Å². The molecule has 9 heteroatoms. The third-order valence-corrected chi connectivity index (χ3v) is 7.56. The van der Waals surface area contributed by atoms with E-state index in [1.807, 2.05) is 24.3 Å². The number of nitrogens with zero attached hydrogens (tertiary/aromatic N) is 4. The molecule has 0 unspecified atom stereocenters. The molecule has 5 rings (SSSR count). The van der Waals surface area contributed by atoms with Gasteiger partial charge in [0, 0.05) is 23.5 Å². The number of aromatic nitrogens is 4. The van der Waals surface area contributed by atoms with Crippen molar-refractivity contribution in [1.82, 2.24) is 19.7 Å². The zero-order valence-corrected chi connectivity index (χ0v) is 19.4. The fourth-order valence-electron chi connectivity index (χ4n) is 3.76. The number of hydrogen-bond donors (Lipinski definition) is 1. The van der Waals surface area contributed by atoms with E-state index in [0.717, 1.165) is 35.4 Å². The molecule has 0 radical (unpaired) electrons. The molecule has 0 saturated heterocycles. The molecule has 1 aliphatic carbocycles. The van der Waals surface area contributed by atoms with Gasteiger partial charge in [-0.15, -0.1) is 10.2 Å². The summed E-state index contributed by atoms with van der Waals surface area (Å²) >= 11 is 0. The highest BCUT2D eigenvalue weighted by Crippen LogP contribution is 2.37. The topological polar surface area (TPSA) is 107 Å². The van der Waals surface area contributed by atoms with Gasteiger partial charge in [0.05, 0.1) is 10.6 Å². The van der Waals surface area contributed by atoms with Crippen LogP contribution < -0.4 is 5.32 Å². The summed E-state index contributed by atoms with van der Waals surface area (Å²) in [5.74, 6) is 0.492. The van der Waals surface area contributed by atoms with Gasteiger partial charge in [-0.25, -0.2) is 8.42 Å². The number of carbonyl (C=O) groups excluding carboxylic acids is 1. The Hall–Kier alpha value is -3.85. The molecule has 1 aliphatic rings.